The van der Waals surface area contributed by atoms with Crippen LogP contribution in [0.2, 0.25) is 0 Å². The summed E-state index contributed by atoms with van der Waals surface area (Å²) in [7, 11) is 0. The van der Waals surface area contributed by atoms with E-state index >= 15 is 0 Å². The van der Waals surface area contributed by atoms with Crippen molar-refractivity contribution < 1.29 is 10.2 Å². The second kappa shape index (κ2) is 5.12. The van der Waals surface area contributed by atoms with Crippen molar-refractivity contribution in [2.24, 2.45) is 0 Å². The molecular formula is C7H10O2. The van der Waals surface area contributed by atoms with Gasteiger partial charge in [0.25, 0.3) is 0 Å². The molecule has 0 aromatic rings. The predicted molar refractivity (Wildman–Crippen MR) is 37.1 cm³/mol. The second-order valence-corrected chi connectivity index (χ2v) is 1.45. The highest BCUT2D eigenvalue weighted by molar-refractivity contribution is 5.21. The summed E-state index contributed by atoms with van der Waals surface area (Å²) in [6, 6.07) is 0. The molecule has 2 N–H and O–H groups in total. The van der Waals surface area contributed by atoms with Crippen LogP contribution in [-0.4, -0.2) is 16.8 Å². The van der Waals surface area contributed by atoms with Crippen LogP contribution in [0.5, 0.6) is 0 Å². The summed E-state index contributed by atoms with van der Waals surface area (Å²) in [5, 5.41) is 16.7. The molecule has 0 amide bonds. The fraction of sp³-hybridized carbons (Fsp3) is 0.143. The van der Waals surface area contributed by atoms with E-state index in [0.717, 1.165) is 6.26 Å². The summed E-state index contributed by atoms with van der Waals surface area (Å²) in [5.74, 6) is 0. The van der Waals surface area contributed by atoms with Crippen molar-refractivity contribution in [2.45, 2.75) is 0 Å². The molecule has 0 aromatic carbocycles. The van der Waals surface area contributed by atoms with E-state index in [1.807, 2.05) is 0 Å². The van der Waals surface area contributed by atoms with Crippen LogP contribution in [0.1, 0.15) is 0 Å². The molecule has 0 saturated heterocycles. The van der Waals surface area contributed by atoms with E-state index in [2.05, 4.69) is 6.58 Å². The smallest absolute Gasteiger partial charge is 0.0791 e. The van der Waals surface area contributed by atoms with Gasteiger partial charge in [-0.05, 0) is 11.6 Å². The van der Waals surface area contributed by atoms with Crippen molar-refractivity contribution in [3.05, 3.63) is 36.6 Å². The fourth-order valence-corrected chi connectivity index (χ4v) is 0.352. The minimum absolute atomic E-state index is 0.0478. The van der Waals surface area contributed by atoms with Crippen LogP contribution in [-0.2, 0) is 0 Å². The van der Waals surface area contributed by atoms with E-state index < -0.39 is 0 Å². The van der Waals surface area contributed by atoms with E-state index in [1.165, 1.54) is 12.2 Å². The normalized spacial score (nSPS) is 12.3. The van der Waals surface area contributed by atoms with E-state index in [0.29, 0.717) is 5.57 Å². The van der Waals surface area contributed by atoms with Gasteiger partial charge in [-0.25, -0.2) is 0 Å². The molecule has 0 aromatic heterocycles. The molecular weight excluding hydrogens is 116 g/mol. The standard InChI is InChI=1S/C7H10O2/c1-2-7(6-9)4-3-5-8/h2-5,8-9H,1,6H2/b5-3+,7-4+. The molecule has 0 rings (SSSR count). The highest BCUT2D eigenvalue weighted by Gasteiger charge is 1.81. The lowest BCUT2D eigenvalue weighted by Gasteiger charge is -1.89. The molecule has 2 nitrogen and oxygen atoms in total. The molecule has 0 saturated carbocycles. The van der Waals surface area contributed by atoms with Gasteiger partial charge >= 0.3 is 0 Å². The Kier molecular flexibility index (Phi) is 4.54. The van der Waals surface area contributed by atoms with Crippen LogP contribution in [0.3, 0.4) is 0 Å². The van der Waals surface area contributed by atoms with Gasteiger partial charge < -0.3 is 10.2 Å². The van der Waals surface area contributed by atoms with Gasteiger partial charge in [0.05, 0.1) is 12.9 Å². The highest BCUT2D eigenvalue weighted by Crippen LogP contribution is 1.92. The van der Waals surface area contributed by atoms with E-state index in [1.54, 1.807) is 6.08 Å². The predicted octanol–water partition coefficient (Wildman–Crippen LogP) is 1.16. The Morgan fingerprint density at radius 2 is 2.22 bits per heavy atom. The molecule has 0 aliphatic heterocycles. The molecule has 0 radical (unpaired) electrons. The summed E-state index contributed by atoms with van der Waals surface area (Å²) in [5.41, 5.74) is 0.681. The Balaban J connectivity index is 3.90. The maximum atomic E-state index is 8.50. The molecule has 0 spiro atoms. The number of allylic oxidation sites excluding steroid dienone is 2. The zero-order valence-electron chi connectivity index (χ0n) is 5.12. The lowest BCUT2D eigenvalue weighted by atomic mass is 10.2. The van der Waals surface area contributed by atoms with Crippen molar-refractivity contribution >= 4 is 0 Å². The minimum Gasteiger partial charge on any atom is -0.516 e. The Labute approximate surface area is 54.4 Å². The maximum Gasteiger partial charge on any atom is 0.0791 e. The third kappa shape index (κ3) is 3.55. The first-order chi connectivity index (χ1) is 4.35. The quantitative estimate of drug-likeness (QED) is 0.440. The third-order valence-electron chi connectivity index (χ3n) is 0.841. The summed E-state index contributed by atoms with van der Waals surface area (Å²) >= 11 is 0. The maximum absolute atomic E-state index is 8.50. The lowest BCUT2D eigenvalue weighted by molar-refractivity contribution is 0.335. The molecule has 0 heterocycles. The monoisotopic (exact) mass is 126 g/mol. The average molecular weight is 126 g/mol. The third-order valence-corrected chi connectivity index (χ3v) is 0.841. The average Bonchev–Trinajstić information content (AvgIpc) is 1.91. The summed E-state index contributed by atoms with van der Waals surface area (Å²) in [4.78, 5) is 0. The van der Waals surface area contributed by atoms with Gasteiger partial charge in [-0.15, -0.1) is 0 Å². The van der Waals surface area contributed by atoms with Gasteiger partial charge in [-0.3, -0.25) is 0 Å². The van der Waals surface area contributed by atoms with Crippen LogP contribution < -0.4 is 0 Å². The van der Waals surface area contributed by atoms with Crippen LogP contribution in [0.15, 0.2) is 36.6 Å². The molecule has 0 fully saturated rings. The summed E-state index contributed by atoms with van der Waals surface area (Å²) < 4.78 is 0. The van der Waals surface area contributed by atoms with Crippen LogP contribution in [0.4, 0.5) is 0 Å². The Morgan fingerprint density at radius 1 is 1.56 bits per heavy atom. The largest absolute Gasteiger partial charge is 0.516 e. The van der Waals surface area contributed by atoms with Crippen LogP contribution in [0, 0.1) is 0 Å². The van der Waals surface area contributed by atoms with E-state index in [9.17, 15) is 0 Å². The SMILES string of the molecule is C=C/C(=C\C=C\O)CO. The zero-order valence-corrected chi connectivity index (χ0v) is 5.12. The van der Waals surface area contributed by atoms with Gasteiger partial charge in [-0.1, -0.05) is 18.7 Å². The molecule has 0 atom stereocenters. The molecule has 50 valence electrons. The zero-order chi connectivity index (χ0) is 7.11. The van der Waals surface area contributed by atoms with Crippen LogP contribution in [0.25, 0.3) is 0 Å². The second-order valence-electron chi connectivity index (χ2n) is 1.45. The number of rotatable bonds is 3. The molecule has 0 bridgehead atoms. The first kappa shape index (κ1) is 7.98. The topological polar surface area (TPSA) is 40.5 Å². The molecule has 9 heavy (non-hydrogen) atoms. The van der Waals surface area contributed by atoms with Gasteiger partial charge in [0.1, 0.15) is 0 Å². The van der Waals surface area contributed by atoms with Gasteiger partial charge in [0, 0.05) is 0 Å². The highest BCUT2D eigenvalue weighted by atomic mass is 16.3. The van der Waals surface area contributed by atoms with Crippen molar-refractivity contribution in [2.75, 3.05) is 6.61 Å². The minimum atomic E-state index is -0.0478. The van der Waals surface area contributed by atoms with E-state index in [-0.39, 0.29) is 6.61 Å². The molecule has 2 heteroatoms. The summed E-state index contributed by atoms with van der Waals surface area (Å²) in [6.45, 7) is 3.39. The fourth-order valence-electron chi connectivity index (χ4n) is 0.352. The van der Waals surface area contributed by atoms with Crippen molar-refractivity contribution in [3.63, 3.8) is 0 Å². The first-order valence-electron chi connectivity index (χ1n) is 2.58. The Morgan fingerprint density at radius 3 is 2.56 bits per heavy atom. The van der Waals surface area contributed by atoms with Gasteiger partial charge in [-0.2, -0.15) is 0 Å². The van der Waals surface area contributed by atoms with E-state index in [4.69, 9.17) is 10.2 Å². The van der Waals surface area contributed by atoms with Gasteiger partial charge in [0.2, 0.25) is 0 Å². The lowest BCUT2D eigenvalue weighted by Crippen LogP contribution is -1.82. The Hall–Kier alpha value is -1.02. The molecule has 0 unspecified atom stereocenters. The number of aliphatic hydroxyl groups is 2. The number of hydrogen-bond acceptors (Lipinski definition) is 2. The molecule has 0 aliphatic carbocycles. The first-order valence-corrected chi connectivity index (χ1v) is 2.58. The van der Waals surface area contributed by atoms with Gasteiger partial charge in [0.15, 0.2) is 0 Å². The summed E-state index contributed by atoms with van der Waals surface area (Å²) in [6.07, 6.45) is 5.43. The van der Waals surface area contributed by atoms with Crippen molar-refractivity contribution in [1.82, 2.24) is 0 Å². The number of hydrogen-bond donors (Lipinski definition) is 2. The van der Waals surface area contributed by atoms with Crippen molar-refractivity contribution in [1.29, 1.82) is 0 Å². The van der Waals surface area contributed by atoms with Crippen molar-refractivity contribution in [3.8, 4) is 0 Å². The number of aliphatic hydroxyl groups excluding tert-OH is 2. The molecule has 0 aliphatic rings. The Bertz CT molecular complexity index is 134. The van der Waals surface area contributed by atoms with Crippen LogP contribution >= 0.6 is 0 Å².